The maximum absolute atomic E-state index is 12.9. The van der Waals surface area contributed by atoms with Gasteiger partial charge in [0.1, 0.15) is 0 Å². The van der Waals surface area contributed by atoms with Crippen molar-refractivity contribution in [3.8, 4) is 0 Å². The number of rotatable bonds is 2. The second-order valence-corrected chi connectivity index (χ2v) is 5.65. The fraction of sp³-hybridized carbons (Fsp3) is 0.400. The molecular formula is C10H13FN4O3S. The molecule has 19 heavy (non-hydrogen) atoms. The van der Waals surface area contributed by atoms with Crippen LogP contribution in [0.25, 0.3) is 0 Å². The molecule has 1 amide bonds. The molecule has 1 aliphatic rings. The van der Waals surface area contributed by atoms with Crippen LogP contribution in [-0.2, 0) is 10.2 Å². The fourth-order valence-corrected chi connectivity index (χ4v) is 2.54. The summed E-state index contributed by atoms with van der Waals surface area (Å²) in [4.78, 5) is 16.9. The molecule has 2 N–H and O–H groups in total. The molecule has 7 nitrogen and oxygen atoms in total. The van der Waals surface area contributed by atoms with E-state index in [1.165, 1.54) is 17.2 Å². The second kappa shape index (κ2) is 5.19. The lowest BCUT2D eigenvalue weighted by molar-refractivity contribution is 0.0697. The van der Waals surface area contributed by atoms with Crippen LogP contribution in [-0.4, -0.2) is 54.7 Å². The van der Waals surface area contributed by atoms with Crippen LogP contribution < -0.4 is 5.14 Å². The molecule has 0 radical (unpaired) electrons. The van der Waals surface area contributed by atoms with Crippen molar-refractivity contribution in [3.63, 3.8) is 0 Å². The molecule has 104 valence electrons. The number of nitrogens with zero attached hydrogens (tertiary/aromatic N) is 3. The predicted octanol–water partition coefficient (Wildman–Crippen LogP) is -0.818. The zero-order valence-corrected chi connectivity index (χ0v) is 10.8. The van der Waals surface area contributed by atoms with Crippen molar-refractivity contribution in [1.82, 2.24) is 14.2 Å². The van der Waals surface area contributed by atoms with E-state index < -0.39 is 16.2 Å². The number of pyridine rings is 1. The molecule has 2 heterocycles. The first kappa shape index (κ1) is 13.8. The molecule has 1 aliphatic heterocycles. The molecule has 0 aromatic carbocycles. The Hall–Kier alpha value is -1.58. The maximum atomic E-state index is 12.9. The minimum atomic E-state index is -3.72. The monoisotopic (exact) mass is 288 g/mol. The molecule has 0 saturated carbocycles. The molecule has 0 unspecified atom stereocenters. The third-order valence-electron chi connectivity index (χ3n) is 2.86. The van der Waals surface area contributed by atoms with Crippen LogP contribution in [0.5, 0.6) is 0 Å². The normalized spacial score (nSPS) is 17.5. The lowest BCUT2D eigenvalue weighted by atomic mass is 10.2. The van der Waals surface area contributed by atoms with Gasteiger partial charge < -0.3 is 4.90 Å². The van der Waals surface area contributed by atoms with E-state index in [9.17, 15) is 17.6 Å². The Morgan fingerprint density at radius 3 is 2.47 bits per heavy atom. The van der Waals surface area contributed by atoms with Gasteiger partial charge in [0.05, 0.1) is 0 Å². The van der Waals surface area contributed by atoms with Crippen LogP contribution >= 0.6 is 0 Å². The summed E-state index contributed by atoms with van der Waals surface area (Å²) in [5.41, 5.74) is 0.191. The Labute approximate surface area is 110 Å². The van der Waals surface area contributed by atoms with Crippen molar-refractivity contribution >= 4 is 16.1 Å². The van der Waals surface area contributed by atoms with Crippen LogP contribution in [0.3, 0.4) is 0 Å². The second-order valence-electron chi connectivity index (χ2n) is 4.10. The van der Waals surface area contributed by atoms with E-state index in [0.29, 0.717) is 0 Å². The number of amides is 1. The van der Waals surface area contributed by atoms with Gasteiger partial charge >= 0.3 is 0 Å². The molecule has 1 aromatic rings. The minimum absolute atomic E-state index is 0.137. The van der Waals surface area contributed by atoms with Gasteiger partial charge in [-0.05, 0) is 6.07 Å². The van der Waals surface area contributed by atoms with Crippen molar-refractivity contribution in [2.24, 2.45) is 5.14 Å². The zero-order valence-electron chi connectivity index (χ0n) is 9.99. The molecule has 0 aliphatic carbocycles. The Bertz CT molecular complexity index is 584. The number of aromatic nitrogens is 1. The first-order valence-corrected chi connectivity index (χ1v) is 7.07. The number of nitrogens with two attached hydrogens (primary N) is 1. The molecule has 1 fully saturated rings. The highest BCUT2D eigenvalue weighted by atomic mass is 32.2. The number of carbonyl (C=O) groups excluding carboxylic acids is 1. The summed E-state index contributed by atoms with van der Waals surface area (Å²) in [5, 5.41) is 5.00. The number of hydrogen-bond acceptors (Lipinski definition) is 4. The molecular weight excluding hydrogens is 275 g/mol. The van der Waals surface area contributed by atoms with Crippen LogP contribution in [0.15, 0.2) is 18.3 Å². The predicted molar refractivity (Wildman–Crippen MR) is 64.8 cm³/mol. The largest absolute Gasteiger partial charge is 0.336 e. The van der Waals surface area contributed by atoms with E-state index in [1.54, 1.807) is 0 Å². The van der Waals surface area contributed by atoms with E-state index in [-0.39, 0.29) is 37.6 Å². The first-order valence-electron chi connectivity index (χ1n) is 5.56. The van der Waals surface area contributed by atoms with Crippen molar-refractivity contribution in [3.05, 3.63) is 29.8 Å². The summed E-state index contributed by atoms with van der Waals surface area (Å²) >= 11 is 0. The summed E-state index contributed by atoms with van der Waals surface area (Å²) in [5.74, 6) is -1.08. The van der Waals surface area contributed by atoms with E-state index in [1.807, 2.05) is 0 Å². The standard InChI is InChI=1S/C10H13FN4O3S/c11-9-7-8(1-2-13-9)10(16)14-3-5-15(6-4-14)19(12,17)18/h1-2,7H,3-6H2,(H2,12,17,18). The van der Waals surface area contributed by atoms with E-state index in [2.05, 4.69) is 4.98 Å². The SMILES string of the molecule is NS(=O)(=O)N1CCN(C(=O)c2ccnc(F)c2)CC1. The molecule has 0 bridgehead atoms. The third kappa shape index (κ3) is 3.25. The van der Waals surface area contributed by atoms with Gasteiger partial charge in [-0.25, -0.2) is 10.1 Å². The summed E-state index contributed by atoms with van der Waals surface area (Å²) in [6.45, 7) is 0.717. The quantitative estimate of drug-likeness (QED) is 0.719. The molecule has 1 aromatic heterocycles. The average Bonchev–Trinajstić information content (AvgIpc) is 2.37. The number of halogens is 1. The lowest BCUT2D eigenvalue weighted by Gasteiger charge is -2.32. The van der Waals surface area contributed by atoms with Crippen LogP contribution in [0.1, 0.15) is 10.4 Å². The number of carbonyl (C=O) groups is 1. The summed E-state index contributed by atoms with van der Waals surface area (Å²) in [6.07, 6.45) is 1.21. The zero-order chi connectivity index (χ0) is 14.0. The molecule has 9 heteroatoms. The molecule has 0 spiro atoms. The highest BCUT2D eigenvalue weighted by molar-refractivity contribution is 7.86. The number of hydrogen-bond donors (Lipinski definition) is 1. The van der Waals surface area contributed by atoms with Crippen molar-refractivity contribution in [2.75, 3.05) is 26.2 Å². The fourth-order valence-electron chi connectivity index (χ4n) is 1.86. The van der Waals surface area contributed by atoms with Gasteiger partial charge in [-0.1, -0.05) is 0 Å². The van der Waals surface area contributed by atoms with E-state index in [0.717, 1.165) is 10.4 Å². The van der Waals surface area contributed by atoms with Gasteiger partial charge in [-0.15, -0.1) is 0 Å². The third-order valence-corrected chi connectivity index (χ3v) is 3.94. The van der Waals surface area contributed by atoms with Crippen LogP contribution in [0, 0.1) is 5.95 Å². The van der Waals surface area contributed by atoms with Crippen LogP contribution in [0.4, 0.5) is 4.39 Å². The summed E-state index contributed by atoms with van der Waals surface area (Å²) in [6, 6.07) is 2.46. The summed E-state index contributed by atoms with van der Waals surface area (Å²) in [7, 11) is -3.72. The lowest BCUT2D eigenvalue weighted by Crippen LogP contribution is -2.52. The smallest absolute Gasteiger partial charge is 0.277 e. The molecule has 1 saturated heterocycles. The molecule has 2 rings (SSSR count). The Morgan fingerprint density at radius 2 is 1.95 bits per heavy atom. The van der Waals surface area contributed by atoms with Crippen molar-refractivity contribution < 1.29 is 17.6 Å². The maximum Gasteiger partial charge on any atom is 0.277 e. The Kier molecular flexibility index (Phi) is 3.78. The van der Waals surface area contributed by atoms with Crippen molar-refractivity contribution in [1.29, 1.82) is 0 Å². The highest BCUT2D eigenvalue weighted by Gasteiger charge is 2.27. The molecule has 0 atom stereocenters. The van der Waals surface area contributed by atoms with Gasteiger partial charge in [-0.2, -0.15) is 17.1 Å². The van der Waals surface area contributed by atoms with Gasteiger partial charge in [-0.3, -0.25) is 4.79 Å². The van der Waals surface area contributed by atoms with E-state index in [4.69, 9.17) is 5.14 Å². The van der Waals surface area contributed by atoms with Gasteiger partial charge in [0.25, 0.3) is 16.1 Å². The van der Waals surface area contributed by atoms with Gasteiger partial charge in [0, 0.05) is 44.0 Å². The first-order chi connectivity index (χ1) is 8.88. The average molecular weight is 288 g/mol. The summed E-state index contributed by atoms with van der Waals surface area (Å²) < 4.78 is 36.3. The van der Waals surface area contributed by atoms with Crippen molar-refractivity contribution in [2.45, 2.75) is 0 Å². The number of piperazine rings is 1. The van der Waals surface area contributed by atoms with Gasteiger partial charge in [0.15, 0.2) is 0 Å². The Morgan fingerprint density at radius 1 is 1.32 bits per heavy atom. The topological polar surface area (TPSA) is 96.6 Å². The van der Waals surface area contributed by atoms with Gasteiger partial charge in [0.2, 0.25) is 5.95 Å². The van der Waals surface area contributed by atoms with Crippen LogP contribution in [0.2, 0.25) is 0 Å². The minimum Gasteiger partial charge on any atom is -0.336 e. The Balaban J connectivity index is 2.04. The van der Waals surface area contributed by atoms with E-state index >= 15 is 0 Å². The highest BCUT2D eigenvalue weighted by Crippen LogP contribution is 2.10.